The van der Waals surface area contributed by atoms with E-state index in [1.807, 2.05) is 36.5 Å². The van der Waals surface area contributed by atoms with E-state index in [0.29, 0.717) is 17.4 Å². The molecule has 3 N–H and O–H groups in total. The van der Waals surface area contributed by atoms with Crippen molar-refractivity contribution in [1.29, 1.82) is 0 Å². The molecule has 2 aliphatic heterocycles. The summed E-state index contributed by atoms with van der Waals surface area (Å²) >= 11 is 0. The number of hydrogen-bond donors (Lipinski definition) is 3. The summed E-state index contributed by atoms with van der Waals surface area (Å²) in [5, 5.41) is 11.1. The number of rotatable bonds is 5. The van der Waals surface area contributed by atoms with Crippen LogP contribution in [0.1, 0.15) is 47.8 Å². The lowest BCUT2D eigenvalue weighted by Gasteiger charge is -2.31. The fraction of sp³-hybridized carbons (Fsp3) is 0.407. The highest BCUT2D eigenvalue weighted by molar-refractivity contribution is 6.04. The molecule has 2 fully saturated rings. The van der Waals surface area contributed by atoms with E-state index in [0.717, 1.165) is 61.8 Å². The van der Waals surface area contributed by atoms with Crippen molar-refractivity contribution in [3.05, 3.63) is 53.9 Å². The number of carboxylic acids is 1. The van der Waals surface area contributed by atoms with Crippen molar-refractivity contribution in [3.63, 3.8) is 0 Å². The number of hydrogen-bond acceptors (Lipinski definition) is 6. The number of aldehydes is 1. The first-order valence-corrected chi connectivity index (χ1v) is 12.7. The van der Waals surface area contributed by atoms with Gasteiger partial charge >= 0.3 is 12.1 Å². The number of alkyl halides is 3. The second-order valence-electron chi connectivity index (χ2n) is 9.78. The van der Waals surface area contributed by atoms with Crippen molar-refractivity contribution >= 4 is 40.6 Å². The maximum absolute atomic E-state index is 12.8. The van der Waals surface area contributed by atoms with Crippen LogP contribution in [0.25, 0.3) is 10.9 Å². The second kappa shape index (κ2) is 11.9. The Kier molecular flexibility index (Phi) is 8.54. The van der Waals surface area contributed by atoms with Crippen molar-refractivity contribution in [2.45, 2.75) is 37.9 Å². The Morgan fingerprint density at radius 2 is 1.77 bits per heavy atom. The molecule has 0 spiro atoms. The average Bonchev–Trinajstić information content (AvgIpc) is 3.54. The van der Waals surface area contributed by atoms with E-state index in [-0.39, 0.29) is 11.8 Å². The zero-order chi connectivity index (χ0) is 28.2. The predicted octanol–water partition coefficient (Wildman–Crippen LogP) is 4.63. The maximum atomic E-state index is 12.8. The van der Waals surface area contributed by atoms with Gasteiger partial charge in [0.25, 0.3) is 5.91 Å². The fourth-order valence-electron chi connectivity index (χ4n) is 4.91. The number of pyridine rings is 1. The summed E-state index contributed by atoms with van der Waals surface area (Å²) in [6, 6.07) is 12.1. The lowest BCUT2D eigenvalue weighted by molar-refractivity contribution is -0.192. The standard InChI is InChI=1S/C25H29N5O2.C2HF3O2/c1-29-10-2-3-23(29)22-13-19-15-26-24(14-21(19)27-22)28-25(32)18-4-6-20(7-5-18)30-11-8-17(16-31)9-12-30;3-2(4,5)1(6)7/h4-7,13-17,23,27H,2-3,8-12H2,1H3,(H,26,28,32);(H,6,7)/t23-;/m1./s1. The van der Waals surface area contributed by atoms with Crippen LogP contribution in [0, 0.1) is 5.92 Å². The molecule has 9 nitrogen and oxygen atoms in total. The molecule has 12 heteroatoms. The van der Waals surface area contributed by atoms with Crippen LogP contribution in [0.3, 0.4) is 0 Å². The molecule has 1 amide bonds. The first-order chi connectivity index (χ1) is 18.5. The highest BCUT2D eigenvalue weighted by atomic mass is 19.4. The molecule has 1 aromatic carbocycles. The van der Waals surface area contributed by atoms with E-state index in [2.05, 4.69) is 38.2 Å². The topological polar surface area (TPSA) is 119 Å². The average molecular weight is 546 g/mol. The molecule has 4 heterocycles. The van der Waals surface area contributed by atoms with E-state index in [1.165, 1.54) is 12.1 Å². The number of H-pyrrole nitrogens is 1. The second-order valence-corrected chi connectivity index (χ2v) is 9.78. The number of benzene rings is 1. The molecule has 39 heavy (non-hydrogen) atoms. The number of amides is 1. The molecule has 208 valence electrons. The maximum Gasteiger partial charge on any atom is 0.490 e. The van der Waals surface area contributed by atoms with Crippen molar-refractivity contribution in [1.82, 2.24) is 14.9 Å². The number of nitrogens with zero attached hydrogens (tertiary/aromatic N) is 3. The van der Waals surface area contributed by atoms with Crippen LogP contribution in [0.15, 0.2) is 42.6 Å². The summed E-state index contributed by atoms with van der Waals surface area (Å²) in [6.45, 7) is 2.86. The molecule has 0 aliphatic carbocycles. The van der Waals surface area contributed by atoms with Crippen LogP contribution in [-0.2, 0) is 9.59 Å². The van der Waals surface area contributed by atoms with Crippen LogP contribution in [0.2, 0.25) is 0 Å². The van der Waals surface area contributed by atoms with Crippen molar-refractivity contribution < 1.29 is 32.7 Å². The largest absolute Gasteiger partial charge is 0.490 e. The molecule has 2 saturated heterocycles. The van der Waals surface area contributed by atoms with Gasteiger partial charge in [-0.25, -0.2) is 9.78 Å². The van der Waals surface area contributed by atoms with Gasteiger partial charge in [0, 0.05) is 59.6 Å². The number of likely N-dealkylation sites (tertiary alicyclic amines) is 1. The lowest BCUT2D eigenvalue weighted by atomic mass is 9.98. The van der Waals surface area contributed by atoms with E-state index >= 15 is 0 Å². The predicted molar refractivity (Wildman–Crippen MR) is 140 cm³/mol. The van der Waals surface area contributed by atoms with Gasteiger partial charge in [-0.2, -0.15) is 13.2 Å². The molecule has 2 aromatic heterocycles. The molecule has 0 unspecified atom stereocenters. The van der Waals surface area contributed by atoms with Gasteiger partial charge in [-0.05, 0) is 69.6 Å². The zero-order valence-electron chi connectivity index (χ0n) is 21.4. The van der Waals surface area contributed by atoms with E-state index in [1.54, 1.807) is 0 Å². The minimum Gasteiger partial charge on any atom is -0.475 e. The normalized spacial score (nSPS) is 18.5. The summed E-state index contributed by atoms with van der Waals surface area (Å²) in [4.78, 5) is 45.2. The van der Waals surface area contributed by atoms with Crippen molar-refractivity contribution in [2.75, 3.05) is 36.9 Å². The van der Waals surface area contributed by atoms with Gasteiger partial charge in [0.15, 0.2) is 0 Å². The van der Waals surface area contributed by atoms with Crippen LogP contribution in [0.5, 0.6) is 0 Å². The van der Waals surface area contributed by atoms with Crippen molar-refractivity contribution in [3.8, 4) is 0 Å². The number of aliphatic carboxylic acids is 1. The number of carbonyl (C=O) groups excluding carboxylic acids is 2. The number of aromatic nitrogens is 2. The lowest BCUT2D eigenvalue weighted by Crippen LogP contribution is -2.34. The van der Waals surface area contributed by atoms with Gasteiger partial charge in [0.05, 0.1) is 5.52 Å². The number of anilines is 2. The quantitative estimate of drug-likeness (QED) is 0.400. The molecular weight excluding hydrogens is 515 g/mol. The number of piperidine rings is 1. The minimum absolute atomic E-state index is 0.176. The summed E-state index contributed by atoms with van der Waals surface area (Å²) < 4.78 is 31.7. The van der Waals surface area contributed by atoms with Gasteiger partial charge in [-0.3, -0.25) is 9.69 Å². The molecular formula is C27H30F3N5O4. The third-order valence-electron chi connectivity index (χ3n) is 7.12. The Hall–Kier alpha value is -3.93. The van der Waals surface area contributed by atoms with E-state index in [4.69, 9.17) is 9.90 Å². The Morgan fingerprint density at radius 1 is 1.10 bits per heavy atom. The summed E-state index contributed by atoms with van der Waals surface area (Å²) in [5.74, 6) is -2.22. The summed E-state index contributed by atoms with van der Waals surface area (Å²) in [5.41, 5.74) is 3.87. The van der Waals surface area contributed by atoms with Crippen LogP contribution in [-0.4, -0.2) is 71.0 Å². The minimum atomic E-state index is -5.08. The first-order valence-electron chi connectivity index (χ1n) is 12.7. The summed E-state index contributed by atoms with van der Waals surface area (Å²) in [7, 11) is 2.16. The Morgan fingerprint density at radius 3 is 2.33 bits per heavy atom. The van der Waals surface area contributed by atoms with Gasteiger partial charge in [0.2, 0.25) is 0 Å². The Bertz CT molecular complexity index is 1320. The monoisotopic (exact) mass is 545 g/mol. The van der Waals surface area contributed by atoms with E-state index < -0.39 is 12.1 Å². The molecule has 0 radical (unpaired) electrons. The Balaban J connectivity index is 0.000000448. The molecule has 0 bridgehead atoms. The van der Waals surface area contributed by atoms with Crippen LogP contribution < -0.4 is 10.2 Å². The number of fused-ring (bicyclic) bond motifs is 1. The first kappa shape index (κ1) is 28.1. The molecule has 1 atom stereocenters. The smallest absolute Gasteiger partial charge is 0.475 e. The molecule has 3 aromatic rings. The van der Waals surface area contributed by atoms with Gasteiger partial charge in [-0.15, -0.1) is 0 Å². The van der Waals surface area contributed by atoms with Crippen LogP contribution in [0.4, 0.5) is 24.7 Å². The highest BCUT2D eigenvalue weighted by Gasteiger charge is 2.38. The highest BCUT2D eigenvalue weighted by Crippen LogP contribution is 2.32. The zero-order valence-corrected chi connectivity index (χ0v) is 21.4. The fourth-order valence-corrected chi connectivity index (χ4v) is 4.91. The van der Waals surface area contributed by atoms with E-state index in [9.17, 15) is 22.8 Å². The third-order valence-corrected chi connectivity index (χ3v) is 7.12. The van der Waals surface area contributed by atoms with Crippen LogP contribution >= 0.6 is 0 Å². The van der Waals surface area contributed by atoms with Crippen molar-refractivity contribution in [2.24, 2.45) is 5.92 Å². The number of carbonyl (C=O) groups is 3. The number of carboxylic acid groups (broad SMARTS) is 1. The molecule has 5 rings (SSSR count). The molecule has 0 saturated carbocycles. The number of nitrogens with one attached hydrogen (secondary N) is 2. The number of aromatic amines is 1. The number of halogens is 3. The van der Waals surface area contributed by atoms with Gasteiger partial charge < -0.3 is 25.1 Å². The van der Waals surface area contributed by atoms with Gasteiger partial charge in [0.1, 0.15) is 12.1 Å². The third kappa shape index (κ3) is 6.94. The summed E-state index contributed by atoms with van der Waals surface area (Å²) in [6.07, 6.45) is 1.94. The van der Waals surface area contributed by atoms with Gasteiger partial charge in [-0.1, -0.05) is 0 Å². The SMILES string of the molecule is CN1CCC[C@@H]1c1cc2cnc(NC(=O)c3ccc(N4CCC(C=O)CC4)cc3)cc2[nH]1.O=C(O)C(F)(F)F. The molecule has 2 aliphatic rings. The Labute approximate surface area is 223 Å².